The molecule has 55 heavy (non-hydrogen) atoms. The Morgan fingerprint density at radius 2 is 0.836 bits per heavy atom. The van der Waals surface area contributed by atoms with Gasteiger partial charge >= 0.3 is 0 Å². The Kier molecular flexibility index (Phi) is 6.54. The van der Waals surface area contributed by atoms with Crippen molar-refractivity contribution in [3.63, 3.8) is 0 Å². The summed E-state index contributed by atoms with van der Waals surface area (Å²) < 4.78 is 7.59. The van der Waals surface area contributed by atoms with E-state index < -0.39 is 0 Å². The Morgan fingerprint density at radius 3 is 1.56 bits per heavy atom. The topological polar surface area (TPSA) is 9.86 Å². The van der Waals surface area contributed by atoms with Gasteiger partial charge in [-0.25, -0.2) is 0 Å². The number of benzene rings is 9. The summed E-state index contributed by atoms with van der Waals surface area (Å²) in [6, 6.07) is 71.2. The molecule has 0 aliphatic heterocycles. The summed E-state index contributed by atoms with van der Waals surface area (Å²) in [5, 5.41) is 10.2. The average Bonchev–Trinajstić information content (AvgIpc) is 3.91. The maximum Gasteiger partial charge on any atom is 0.0549 e. The van der Waals surface area contributed by atoms with Gasteiger partial charge in [0.25, 0.3) is 0 Å². The van der Waals surface area contributed by atoms with E-state index in [0.29, 0.717) is 0 Å². The van der Waals surface area contributed by atoms with Crippen molar-refractivity contribution >= 4 is 85.9 Å². The van der Waals surface area contributed by atoms with E-state index in [1.807, 2.05) is 11.3 Å². The van der Waals surface area contributed by atoms with Crippen molar-refractivity contribution in [3.8, 4) is 33.6 Å². The molecule has 0 aliphatic carbocycles. The van der Waals surface area contributed by atoms with Crippen LogP contribution in [0.25, 0.3) is 108 Å². The minimum Gasteiger partial charge on any atom is -0.309 e. The molecule has 0 bridgehead atoms. The third kappa shape index (κ3) is 4.42. The zero-order chi connectivity index (χ0) is 36.0. The van der Waals surface area contributed by atoms with Crippen molar-refractivity contribution in [2.75, 3.05) is 0 Å². The van der Waals surface area contributed by atoms with Crippen LogP contribution in [0.3, 0.4) is 0 Å². The number of rotatable bonds is 4. The maximum atomic E-state index is 2.47. The molecule has 0 N–H and O–H groups in total. The minimum absolute atomic E-state index is 1.16. The number of para-hydroxylation sites is 2. The Balaban J connectivity index is 1.10. The monoisotopic (exact) mass is 716 g/mol. The molecule has 12 rings (SSSR count). The van der Waals surface area contributed by atoms with E-state index in [4.69, 9.17) is 0 Å². The van der Waals surface area contributed by atoms with E-state index in [1.54, 1.807) is 0 Å². The first kappa shape index (κ1) is 30.5. The number of thiophene rings is 1. The molecule has 0 saturated heterocycles. The van der Waals surface area contributed by atoms with Crippen LogP contribution in [0.5, 0.6) is 0 Å². The van der Waals surface area contributed by atoms with Crippen molar-refractivity contribution < 1.29 is 0 Å². The fourth-order valence-electron chi connectivity index (χ4n) is 9.16. The Hall–Kier alpha value is -6.94. The summed E-state index contributed by atoms with van der Waals surface area (Å²) in [5.74, 6) is 0. The lowest BCUT2D eigenvalue weighted by Crippen LogP contribution is -1.96. The van der Waals surface area contributed by atoms with Crippen LogP contribution in [-0.4, -0.2) is 9.13 Å². The highest BCUT2D eigenvalue weighted by atomic mass is 32.1. The van der Waals surface area contributed by atoms with Gasteiger partial charge in [0.15, 0.2) is 0 Å². The van der Waals surface area contributed by atoms with Crippen LogP contribution in [0.4, 0.5) is 0 Å². The molecule has 9 aromatic carbocycles. The van der Waals surface area contributed by atoms with Crippen LogP contribution < -0.4 is 0 Å². The Labute approximate surface area is 321 Å². The van der Waals surface area contributed by atoms with Crippen LogP contribution in [0, 0.1) is 0 Å². The summed E-state index contributed by atoms with van der Waals surface area (Å²) in [6.07, 6.45) is 0. The molecule has 0 amide bonds. The predicted octanol–water partition coefficient (Wildman–Crippen LogP) is 14.7. The highest BCUT2D eigenvalue weighted by molar-refractivity contribution is 7.26. The largest absolute Gasteiger partial charge is 0.309 e. The zero-order valence-electron chi connectivity index (χ0n) is 29.8. The summed E-state index contributed by atoms with van der Waals surface area (Å²) in [7, 11) is 0. The standard InChI is InChI=1S/C52H32N2S/c1-2-14-34(15-3-1)38-23-12-25-40-41-26-13-24-39(52(41)55-51(38)40)35-18-10-19-36(32-35)53-45-27-8-6-21-42(45)49-47(53)30-31-48-50(49)43-22-7-9-28-46(43)54(48)44-29-11-17-33-16-4-5-20-37(33)44/h1-32H. The van der Waals surface area contributed by atoms with Gasteiger partial charge in [-0.1, -0.05) is 152 Å². The van der Waals surface area contributed by atoms with Crippen LogP contribution in [-0.2, 0) is 0 Å². The average molecular weight is 717 g/mol. The normalized spacial score (nSPS) is 12.0. The molecule has 0 fully saturated rings. The van der Waals surface area contributed by atoms with Crippen LogP contribution in [0.2, 0.25) is 0 Å². The fraction of sp³-hybridized carbons (Fsp3) is 0. The van der Waals surface area contributed by atoms with E-state index in [0.717, 1.165) is 5.69 Å². The van der Waals surface area contributed by atoms with Crippen molar-refractivity contribution in [3.05, 3.63) is 194 Å². The van der Waals surface area contributed by atoms with Gasteiger partial charge in [-0.3, -0.25) is 0 Å². The molecule has 256 valence electrons. The first-order chi connectivity index (χ1) is 27.3. The molecule has 0 radical (unpaired) electrons. The SMILES string of the molecule is c1ccc(-c2cccc3c2sc2c(-c4cccc(-n5c6ccccc6c6c7c8ccccc8n(-c8cccc9ccccc89)c7ccc65)c4)cccc23)cc1. The number of nitrogens with zero attached hydrogens (tertiary/aromatic N) is 2. The van der Waals surface area contributed by atoms with Crippen molar-refractivity contribution in [2.24, 2.45) is 0 Å². The number of aromatic nitrogens is 2. The van der Waals surface area contributed by atoms with Crippen molar-refractivity contribution in [1.82, 2.24) is 9.13 Å². The van der Waals surface area contributed by atoms with Gasteiger partial charge in [-0.2, -0.15) is 0 Å². The van der Waals surface area contributed by atoms with E-state index in [-0.39, 0.29) is 0 Å². The quantitative estimate of drug-likeness (QED) is 0.172. The summed E-state index contributed by atoms with van der Waals surface area (Å²) in [4.78, 5) is 0. The van der Waals surface area contributed by atoms with E-state index >= 15 is 0 Å². The molecule has 0 saturated carbocycles. The highest BCUT2D eigenvalue weighted by Gasteiger charge is 2.21. The lowest BCUT2D eigenvalue weighted by Gasteiger charge is -2.12. The van der Waals surface area contributed by atoms with Crippen LogP contribution >= 0.6 is 11.3 Å². The van der Waals surface area contributed by atoms with E-state index in [9.17, 15) is 0 Å². The van der Waals surface area contributed by atoms with Gasteiger partial charge in [-0.15, -0.1) is 11.3 Å². The number of fused-ring (bicyclic) bond motifs is 11. The molecule has 0 aliphatic rings. The van der Waals surface area contributed by atoms with Gasteiger partial charge in [0.1, 0.15) is 0 Å². The summed E-state index contributed by atoms with van der Waals surface area (Å²) in [6.45, 7) is 0. The molecule has 3 aromatic heterocycles. The number of hydrogen-bond donors (Lipinski definition) is 0. The molecule has 12 aromatic rings. The second-order valence-electron chi connectivity index (χ2n) is 14.4. The lowest BCUT2D eigenvalue weighted by atomic mass is 10.00. The second kappa shape index (κ2) is 11.8. The van der Waals surface area contributed by atoms with Gasteiger partial charge < -0.3 is 9.13 Å². The predicted molar refractivity (Wildman–Crippen MR) is 236 cm³/mol. The molecule has 3 heteroatoms. The smallest absolute Gasteiger partial charge is 0.0549 e. The highest BCUT2D eigenvalue weighted by Crippen LogP contribution is 2.46. The molecule has 3 heterocycles. The Morgan fingerprint density at radius 1 is 0.327 bits per heavy atom. The van der Waals surface area contributed by atoms with Gasteiger partial charge in [0.2, 0.25) is 0 Å². The molecule has 0 atom stereocenters. The van der Waals surface area contributed by atoms with Gasteiger partial charge in [-0.05, 0) is 70.1 Å². The minimum atomic E-state index is 1.16. The molecular weight excluding hydrogens is 685 g/mol. The molecule has 0 spiro atoms. The molecular formula is C52H32N2S. The molecule has 2 nitrogen and oxygen atoms in total. The van der Waals surface area contributed by atoms with Crippen LogP contribution in [0.15, 0.2) is 194 Å². The fourth-order valence-corrected chi connectivity index (χ4v) is 10.5. The first-order valence-corrected chi connectivity index (χ1v) is 19.7. The molecule has 0 unspecified atom stereocenters. The summed E-state index contributed by atoms with van der Waals surface area (Å²) in [5.41, 5.74) is 12.2. The maximum absolute atomic E-state index is 2.47. The second-order valence-corrected chi connectivity index (χ2v) is 15.5. The van der Waals surface area contributed by atoms with Crippen molar-refractivity contribution in [1.29, 1.82) is 0 Å². The van der Waals surface area contributed by atoms with Gasteiger partial charge in [0.05, 0.1) is 27.8 Å². The first-order valence-electron chi connectivity index (χ1n) is 18.9. The lowest BCUT2D eigenvalue weighted by molar-refractivity contribution is 1.18. The Bertz CT molecular complexity index is 3480. The third-order valence-corrected chi connectivity index (χ3v) is 12.8. The van der Waals surface area contributed by atoms with E-state index in [1.165, 1.54) is 102 Å². The van der Waals surface area contributed by atoms with Gasteiger partial charge in [0, 0.05) is 52.8 Å². The van der Waals surface area contributed by atoms with Crippen molar-refractivity contribution in [2.45, 2.75) is 0 Å². The zero-order valence-corrected chi connectivity index (χ0v) is 30.6. The summed E-state index contributed by atoms with van der Waals surface area (Å²) >= 11 is 1.91. The number of hydrogen-bond acceptors (Lipinski definition) is 1. The van der Waals surface area contributed by atoms with Crippen LogP contribution in [0.1, 0.15) is 0 Å². The van der Waals surface area contributed by atoms with E-state index in [2.05, 4.69) is 203 Å². The third-order valence-electron chi connectivity index (χ3n) is 11.5.